The van der Waals surface area contributed by atoms with Crippen LogP contribution in [0, 0.1) is 0 Å². The summed E-state index contributed by atoms with van der Waals surface area (Å²) in [5.41, 5.74) is 0.718. The number of imide groups is 1. The Bertz CT molecular complexity index is 1040. The number of methoxy groups -OCH3 is 2. The Hall–Kier alpha value is -4.08. The maximum Gasteiger partial charge on any atom is 0.373 e. The van der Waals surface area contributed by atoms with Gasteiger partial charge in [0.1, 0.15) is 17.2 Å². The van der Waals surface area contributed by atoms with Gasteiger partial charge in [-0.25, -0.2) is 14.4 Å². The fourth-order valence-electron chi connectivity index (χ4n) is 2.77. The molecule has 1 fully saturated rings. The highest BCUT2D eigenvalue weighted by atomic mass is 16.6. The summed E-state index contributed by atoms with van der Waals surface area (Å²) in [6.07, 6.45) is 0.746. The Labute approximate surface area is 177 Å². The van der Waals surface area contributed by atoms with E-state index in [1.54, 1.807) is 31.2 Å². The summed E-state index contributed by atoms with van der Waals surface area (Å²) in [6, 6.07) is 8.88. The van der Waals surface area contributed by atoms with Crippen LogP contribution in [0.4, 0.5) is 4.79 Å². The molecule has 1 saturated heterocycles. The van der Waals surface area contributed by atoms with Gasteiger partial charge < -0.3 is 23.9 Å². The van der Waals surface area contributed by atoms with Crippen LogP contribution in [0.5, 0.6) is 5.75 Å². The lowest BCUT2D eigenvalue weighted by Crippen LogP contribution is -2.30. The minimum Gasteiger partial charge on any atom is -0.479 e. The second-order valence-corrected chi connectivity index (χ2v) is 6.49. The van der Waals surface area contributed by atoms with E-state index in [1.807, 2.05) is 0 Å². The molecule has 10 nitrogen and oxygen atoms in total. The van der Waals surface area contributed by atoms with Crippen LogP contribution in [0.15, 0.2) is 46.5 Å². The number of carbonyl (C=O) groups is 4. The Morgan fingerprint density at radius 1 is 1.10 bits per heavy atom. The molecule has 1 unspecified atom stereocenters. The Morgan fingerprint density at radius 2 is 1.81 bits per heavy atom. The first kappa shape index (κ1) is 21.6. The summed E-state index contributed by atoms with van der Waals surface area (Å²) in [5.74, 6) is -1.02. The average Bonchev–Trinajstić information content (AvgIpc) is 3.34. The third-order valence-electron chi connectivity index (χ3n) is 4.36. The summed E-state index contributed by atoms with van der Waals surface area (Å²) >= 11 is 0. The van der Waals surface area contributed by atoms with Gasteiger partial charge in [-0.3, -0.25) is 9.69 Å². The summed E-state index contributed by atoms with van der Waals surface area (Å²) in [5, 5.41) is 2.51. The number of carbonyl (C=O) groups excluding carboxylic acids is 4. The number of benzene rings is 1. The van der Waals surface area contributed by atoms with Crippen LogP contribution in [-0.4, -0.2) is 49.1 Å². The summed E-state index contributed by atoms with van der Waals surface area (Å²) < 4.78 is 19.9. The van der Waals surface area contributed by atoms with E-state index < -0.39 is 30.0 Å². The molecule has 0 bridgehead atoms. The Balaban J connectivity index is 1.68. The first-order valence-electron chi connectivity index (χ1n) is 9.18. The Kier molecular flexibility index (Phi) is 6.39. The molecule has 2 heterocycles. The van der Waals surface area contributed by atoms with Crippen molar-refractivity contribution < 1.29 is 37.8 Å². The molecule has 1 aromatic heterocycles. The number of nitrogens with zero attached hydrogens (tertiary/aromatic N) is 1. The molecular formula is C21H20N2O8. The molecule has 31 heavy (non-hydrogen) atoms. The molecule has 1 atom stereocenters. The van der Waals surface area contributed by atoms with Gasteiger partial charge in [0.05, 0.1) is 20.8 Å². The monoisotopic (exact) mass is 428 g/mol. The van der Waals surface area contributed by atoms with Crippen LogP contribution in [0.2, 0.25) is 0 Å². The fraction of sp³-hybridized carbons (Fsp3) is 0.238. The van der Waals surface area contributed by atoms with E-state index in [0.29, 0.717) is 11.3 Å². The topological polar surface area (TPSA) is 124 Å². The van der Waals surface area contributed by atoms with Gasteiger partial charge in [-0.05, 0) is 42.8 Å². The third kappa shape index (κ3) is 4.92. The maximum atomic E-state index is 12.6. The van der Waals surface area contributed by atoms with Gasteiger partial charge in [0, 0.05) is 0 Å². The number of esters is 2. The van der Waals surface area contributed by atoms with Crippen LogP contribution in [-0.2, 0) is 25.6 Å². The SMILES string of the molecule is COC(=O)c1ccc(CN2C(=O)NC(=Cc3ccc(OC(C)C(=O)OC)cc3)C2=O)o1. The van der Waals surface area contributed by atoms with E-state index in [2.05, 4.69) is 14.8 Å². The van der Waals surface area contributed by atoms with Crippen molar-refractivity contribution in [2.24, 2.45) is 0 Å². The first-order chi connectivity index (χ1) is 14.8. The van der Waals surface area contributed by atoms with Crippen LogP contribution in [0.1, 0.15) is 28.8 Å². The van der Waals surface area contributed by atoms with Gasteiger partial charge in [-0.2, -0.15) is 0 Å². The molecule has 3 amide bonds. The van der Waals surface area contributed by atoms with Gasteiger partial charge >= 0.3 is 18.0 Å². The highest BCUT2D eigenvalue weighted by molar-refractivity contribution is 6.13. The minimum atomic E-state index is -0.764. The zero-order chi connectivity index (χ0) is 22.5. The molecule has 1 aliphatic rings. The standard InChI is InChI=1S/C21H20N2O8/c1-12(19(25)28-2)30-14-6-4-13(5-7-14)10-16-18(24)23(21(27)22-16)11-15-8-9-17(31-15)20(26)29-3/h4-10,12H,11H2,1-3H3,(H,22,27). The number of furan rings is 1. The molecule has 0 spiro atoms. The van der Waals surface area contributed by atoms with Gasteiger partial charge in [0.25, 0.3) is 5.91 Å². The number of hydrogen-bond acceptors (Lipinski definition) is 8. The predicted octanol–water partition coefficient (Wildman–Crippen LogP) is 2.10. The molecule has 1 aromatic carbocycles. The Morgan fingerprint density at radius 3 is 2.45 bits per heavy atom. The lowest BCUT2D eigenvalue weighted by Gasteiger charge is -2.12. The zero-order valence-corrected chi connectivity index (χ0v) is 17.0. The van der Waals surface area contributed by atoms with E-state index in [0.717, 1.165) is 4.90 Å². The molecule has 1 N–H and O–H groups in total. The van der Waals surface area contributed by atoms with Crippen molar-refractivity contribution in [3.8, 4) is 5.75 Å². The van der Waals surface area contributed by atoms with Crippen molar-refractivity contribution in [3.63, 3.8) is 0 Å². The van der Waals surface area contributed by atoms with Crippen molar-refractivity contribution in [3.05, 3.63) is 59.2 Å². The van der Waals surface area contributed by atoms with Gasteiger partial charge in [-0.1, -0.05) is 12.1 Å². The highest BCUT2D eigenvalue weighted by Gasteiger charge is 2.34. The highest BCUT2D eigenvalue weighted by Crippen LogP contribution is 2.20. The fourth-order valence-corrected chi connectivity index (χ4v) is 2.77. The van der Waals surface area contributed by atoms with E-state index in [-0.39, 0.29) is 23.8 Å². The molecular weight excluding hydrogens is 408 g/mol. The van der Waals surface area contributed by atoms with E-state index in [1.165, 1.54) is 32.4 Å². The number of hydrogen-bond donors (Lipinski definition) is 1. The average molecular weight is 428 g/mol. The van der Waals surface area contributed by atoms with E-state index in [4.69, 9.17) is 9.15 Å². The van der Waals surface area contributed by atoms with Crippen LogP contribution in [0.25, 0.3) is 6.08 Å². The van der Waals surface area contributed by atoms with E-state index in [9.17, 15) is 19.2 Å². The van der Waals surface area contributed by atoms with Crippen molar-refractivity contribution >= 4 is 30.0 Å². The third-order valence-corrected chi connectivity index (χ3v) is 4.36. The summed E-state index contributed by atoms with van der Waals surface area (Å²) in [7, 11) is 2.50. The number of urea groups is 1. The van der Waals surface area contributed by atoms with Crippen molar-refractivity contribution in [1.82, 2.24) is 10.2 Å². The second-order valence-electron chi connectivity index (χ2n) is 6.49. The van der Waals surface area contributed by atoms with Crippen molar-refractivity contribution in [1.29, 1.82) is 0 Å². The predicted molar refractivity (Wildman–Crippen MR) is 106 cm³/mol. The number of amides is 3. The van der Waals surface area contributed by atoms with Gasteiger partial charge in [0.2, 0.25) is 5.76 Å². The number of nitrogens with one attached hydrogen (secondary N) is 1. The molecule has 0 radical (unpaired) electrons. The van der Waals surface area contributed by atoms with Crippen LogP contribution >= 0.6 is 0 Å². The number of rotatable bonds is 7. The van der Waals surface area contributed by atoms with Gasteiger partial charge in [-0.15, -0.1) is 0 Å². The van der Waals surface area contributed by atoms with Gasteiger partial charge in [0.15, 0.2) is 6.10 Å². The molecule has 162 valence electrons. The lowest BCUT2D eigenvalue weighted by molar-refractivity contribution is -0.147. The molecule has 0 saturated carbocycles. The molecule has 0 aliphatic carbocycles. The van der Waals surface area contributed by atoms with Crippen LogP contribution in [0.3, 0.4) is 0 Å². The summed E-state index contributed by atoms with van der Waals surface area (Å²) in [4.78, 5) is 48.7. The first-order valence-corrected chi connectivity index (χ1v) is 9.18. The largest absolute Gasteiger partial charge is 0.479 e. The van der Waals surface area contributed by atoms with E-state index >= 15 is 0 Å². The molecule has 10 heteroatoms. The molecule has 2 aromatic rings. The normalized spacial score (nSPS) is 15.6. The lowest BCUT2D eigenvalue weighted by atomic mass is 10.2. The van der Waals surface area contributed by atoms with Crippen molar-refractivity contribution in [2.75, 3.05) is 14.2 Å². The molecule has 3 rings (SSSR count). The maximum absolute atomic E-state index is 12.6. The zero-order valence-electron chi connectivity index (χ0n) is 17.0. The quantitative estimate of drug-likeness (QED) is 0.404. The number of ether oxygens (including phenoxy) is 3. The van der Waals surface area contributed by atoms with Crippen molar-refractivity contribution in [2.45, 2.75) is 19.6 Å². The van der Waals surface area contributed by atoms with Crippen LogP contribution < -0.4 is 10.1 Å². The second kappa shape index (κ2) is 9.16. The summed E-state index contributed by atoms with van der Waals surface area (Å²) in [6.45, 7) is 1.42. The minimum absolute atomic E-state index is 0.0239. The smallest absolute Gasteiger partial charge is 0.373 e. The molecule has 1 aliphatic heterocycles.